The van der Waals surface area contributed by atoms with Crippen molar-refractivity contribution in [2.75, 3.05) is 4.84 Å². The van der Waals surface area contributed by atoms with E-state index in [0.717, 1.165) is 12.1 Å². The molecule has 1 aromatic carbocycles. The van der Waals surface area contributed by atoms with Gasteiger partial charge in [0.2, 0.25) is 0 Å². The standard InChI is InChI=1S/C8H6ClNO5/c9-10-5-2-3(7(12)13)1-4(6(5)11)8(14)15/h1-2,10-11H,(H,12,13)(H,14,15). The molecule has 0 saturated heterocycles. The maximum atomic E-state index is 10.6. The second kappa shape index (κ2) is 4.05. The number of phenols is 1. The van der Waals surface area contributed by atoms with E-state index in [1.807, 2.05) is 4.84 Å². The van der Waals surface area contributed by atoms with E-state index in [2.05, 4.69) is 0 Å². The van der Waals surface area contributed by atoms with Crippen molar-refractivity contribution in [3.05, 3.63) is 23.3 Å². The summed E-state index contributed by atoms with van der Waals surface area (Å²) in [6, 6.07) is 1.87. The van der Waals surface area contributed by atoms with Crippen LogP contribution in [0.1, 0.15) is 20.7 Å². The van der Waals surface area contributed by atoms with Crippen LogP contribution in [0.15, 0.2) is 12.1 Å². The van der Waals surface area contributed by atoms with E-state index in [4.69, 9.17) is 22.0 Å². The van der Waals surface area contributed by atoms with Gasteiger partial charge in [0.15, 0.2) is 5.75 Å². The minimum atomic E-state index is -1.44. The van der Waals surface area contributed by atoms with Gasteiger partial charge in [-0.25, -0.2) is 9.59 Å². The van der Waals surface area contributed by atoms with E-state index < -0.39 is 23.3 Å². The summed E-state index contributed by atoms with van der Waals surface area (Å²) in [7, 11) is 0. The Morgan fingerprint density at radius 3 is 2.20 bits per heavy atom. The van der Waals surface area contributed by atoms with Gasteiger partial charge in [-0.15, -0.1) is 0 Å². The van der Waals surface area contributed by atoms with Gasteiger partial charge in [0.25, 0.3) is 0 Å². The molecule has 1 rings (SSSR count). The Hall–Kier alpha value is -1.95. The van der Waals surface area contributed by atoms with Crippen LogP contribution in [0.25, 0.3) is 0 Å². The average molecular weight is 232 g/mol. The highest BCUT2D eigenvalue weighted by molar-refractivity contribution is 6.24. The molecular weight excluding hydrogens is 226 g/mol. The molecule has 0 aliphatic rings. The number of aromatic hydroxyl groups is 1. The topological polar surface area (TPSA) is 107 Å². The Morgan fingerprint density at radius 1 is 1.20 bits per heavy atom. The van der Waals surface area contributed by atoms with Crippen LogP contribution in [0.4, 0.5) is 5.69 Å². The number of benzene rings is 1. The number of rotatable bonds is 3. The first kappa shape index (κ1) is 11.1. The zero-order valence-corrected chi connectivity index (χ0v) is 7.95. The summed E-state index contributed by atoms with van der Waals surface area (Å²) in [5, 5.41) is 26.7. The molecule has 0 radical (unpaired) electrons. The lowest BCUT2D eigenvalue weighted by Gasteiger charge is -2.06. The van der Waals surface area contributed by atoms with Crippen LogP contribution in [0.2, 0.25) is 0 Å². The number of anilines is 1. The van der Waals surface area contributed by atoms with Crippen molar-refractivity contribution in [2.24, 2.45) is 0 Å². The molecule has 1 aromatic rings. The van der Waals surface area contributed by atoms with Gasteiger partial charge in [-0.1, -0.05) is 0 Å². The lowest BCUT2D eigenvalue weighted by molar-refractivity contribution is 0.0693. The SMILES string of the molecule is O=C(O)c1cc(NCl)c(O)c(C(=O)O)c1. The summed E-state index contributed by atoms with van der Waals surface area (Å²) in [6.07, 6.45) is 0. The number of hydrogen-bond acceptors (Lipinski definition) is 4. The van der Waals surface area contributed by atoms with Crippen LogP contribution in [-0.4, -0.2) is 27.3 Å². The number of carboxylic acids is 2. The Balaban J connectivity index is 3.45. The minimum absolute atomic E-state index is 0.172. The smallest absolute Gasteiger partial charge is 0.339 e. The Kier molecular flexibility index (Phi) is 3.01. The molecule has 0 amide bonds. The van der Waals surface area contributed by atoms with Crippen LogP contribution in [-0.2, 0) is 0 Å². The third kappa shape index (κ3) is 2.10. The molecule has 0 spiro atoms. The highest BCUT2D eigenvalue weighted by Crippen LogP contribution is 2.30. The van der Waals surface area contributed by atoms with E-state index in [1.165, 1.54) is 0 Å². The lowest BCUT2D eigenvalue weighted by Crippen LogP contribution is -2.04. The molecule has 4 N–H and O–H groups in total. The van der Waals surface area contributed by atoms with Crippen LogP contribution in [0, 0.1) is 0 Å². The van der Waals surface area contributed by atoms with E-state index >= 15 is 0 Å². The summed E-state index contributed by atoms with van der Waals surface area (Å²) in [6.45, 7) is 0. The first-order chi connectivity index (χ1) is 6.97. The normalized spacial score (nSPS) is 9.67. The molecule has 0 fully saturated rings. The van der Waals surface area contributed by atoms with Gasteiger partial charge in [-0.3, -0.25) is 4.84 Å². The van der Waals surface area contributed by atoms with E-state index in [-0.39, 0.29) is 11.3 Å². The fourth-order valence-electron chi connectivity index (χ4n) is 0.993. The number of nitrogens with one attached hydrogen (secondary N) is 1. The van der Waals surface area contributed by atoms with Crippen molar-refractivity contribution in [3.63, 3.8) is 0 Å². The first-order valence-electron chi connectivity index (χ1n) is 3.67. The largest absolute Gasteiger partial charge is 0.505 e. The average Bonchev–Trinajstić information content (AvgIpc) is 2.17. The minimum Gasteiger partial charge on any atom is -0.505 e. The van der Waals surface area contributed by atoms with Crippen molar-refractivity contribution in [3.8, 4) is 5.75 Å². The van der Waals surface area contributed by atoms with E-state index in [9.17, 15) is 14.7 Å². The third-order valence-corrected chi connectivity index (χ3v) is 1.89. The quantitative estimate of drug-likeness (QED) is 0.462. The summed E-state index contributed by atoms with van der Waals surface area (Å²) < 4.78 is 0. The fourth-order valence-corrected chi connectivity index (χ4v) is 1.14. The van der Waals surface area contributed by atoms with Crippen molar-refractivity contribution >= 4 is 29.4 Å². The molecule has 7 heteroatoms. The summed E-state index contributed by atoms with van der Waals surface area (Å²) in [4.78, 5) is 23.2. The second-order valence-electron chi connectivity index (χ2n) is 2.62. The summed E-state index contributed by atoms with van der Waals surface area (Å²) in [5.74, 6) is -3.36. The lowest BCUT2D eigenvalue weighted by atomic mass is 10.1. The molecule has 0 aliphatic heterocycles. The molecule has 0 atom stereocenters. The first-order valence-corrected chi connectivity index (χ1v) is 4.05. The number of hydrogen-bond donors (Lipinski definition) is 4. The Morgan fingerprint density at radius 2 is 1.80 bits per heavy atom. The molecular formula is C8H6ClNO5. The van der Waals surface area contributed by atoms with Gasteiger partial charge in [-0.2, -0.15) is 0 Å². The van der Waals surface area contributed by atoms with Crippen LogP contribution >= 0.6 is 11.8 Å². The van der Waals surface area contributed by atoms with Gasteiger partial charge in [0, 0.05) is 11.8 Å². The molecule has 0 heterocycles. The maximum absolute atomic E-state index is 10.6. The predicted molar refractivity (Wildman–Crippen MR) is 51.5 cm³/mol. The van der Waals surface area contributed by atoms with Crippen molar-refractivity contribution in [1.82, 2.24) is 0 Å². The van der Waals surface area contributed by atoms with Gasteiger partial charge in [0.05, 0.1) is 11.3 Å². The van der Waals surface area contributed by atoms with E-state index in [0.29, 0.717) is 0 Å². The monoisotopic (exact) mass is 231 g/mol. The van der Waals surface area contributed by atoms with Crippen molar-refractivity contribution < 1.29 is 24.9 Å². The molecule has 80 valence electrons. The Labute approximate surface area is 88.8 Å². The Bertz CT molecular complexity index is 431. The number of carboxylic acid groups (broad SMARTS) is 2. The number of halogens is 1. The molecule has 15 heavy (non-hydrogen) atoms. The molecule has 6 nitrogen and oxygen atoms in total. The summed E-state index contributed by atoms with van der Waals surface area (Å²) >= 11 is 5.19. The van der Waals surface area contributed by atoms with E-state index in [1.54, 1.807) is 0 Å². The fraction of sp³-hybridized carbons (Fsp3) is 0. The highest BCUT2D eigenvalue weighted by Gasteiger charge is 2.17. The maximum Gasteiger partial charge on any atom is 0.339 e. The zero-order chi connectivity index (χ0) is 11.6. The molecule has 0 aliphatic carbocycles. The number of aromatic carboxylic acids is 2. The second-order valence-corrected chi connectivity index (χ2v) is 2.81. The third-order valence-electron chi connectivity index (χ3n) is 1.69. The van der Waals surface area contributed by atoms with Crippen LogP contribution in [0.5, 0.6) is 5.75 Å². The van der Waals surface area contributed by atoms with Gasteiger partial charge in [0.1, 0.15) is 5.56 Å². The molecule has 0 bridgehead atoms. The molecule has 0 saturated carbocycles. The van der Waals surface area contributed by atoms with Crippen LogP contribution in [0.3, 0.4) is 0 Å². The summed E-state index contributed by atoms with van der Waals surface area (Å²) in [5.41, 5.74) is -0.986. The highest BCUT2D eigenvalue weighted by atomic mass is 35.5. The van der Waals surface area contributed by atoms with Gasteiger partial charge >= 0.3 is 11.9 Å². The van der Waals surface area contributed by atoms with Crippen molar-refractivity contribution in [2.45, 2.75) is 0 Å². The van der Waals surface area contributed by atoms with Crippen LogP contribution < -0.4 is 4.84 Å². The van der Waals surface area contributed by atoms with Crippen molar-refractivity contribution in [1.29, 1.82) is 0 Å². The molecule has 0 unspecified atom stereocenters. The number of carbonyl (C=O) groups is 2. The van der Waals surface area contributed by atoms with Gasteiger partial charge in [-0.05, 0) is 12.1 Å². The zero-order valence-electron chi connectivity index (χ0n) is 7.19. The molecule has 0 aromatic heterocycles. The van der Waals surface area contributed by atoms with Gasteiger partial charge < -0.3 is 15.3 Å². The predicted octanol–water partition coefficient (Wildman–Crippen LogP) is 1.35.